The normalized spacial score (nSPS) is 9.64. The molecule has 1 N–H and O–H groups in total. The molecule has 0 radical (unpaired) electrons. The zero-order valence-corrected chi connectivity index (χ0v) is 7.31. The second-order valence-corrected chi connectivity index (χ2v) is 2.62. The standard InChI is InChI=1S/C8H13BN2/c1-3-6-4-7(9)5-11-8(6)10-2/h4-5H,3,9H2,1-2H3,(H,10,11). The predicted molar refractivity (Wildman–Crippen MR) is 51.3 cm³/mol. The highest BCUT2D eigenvalue weighted by atomic mass is 15.0. The second kappa shape index (κ2) is 3.42. The molecule has 11 heavy (non-hydrogen) atoms. The maximum atomic E-state index is 4.26. The molecule has 0 bridgehead atoms. The zero-order chi connectivity index (χ0) is 8.27. The van der Waals surface area contributed by atoms with Gasteiger partial charge in [-0.25, -0.2) is 4.98 Å². The van der Waals surface area contributed by atoms with Crippen LogP contribution in [0.1, 0.15) is 12.5 Å². The average molecular weight is 148 g/mol. The van der Waals surface area contributed by atoms with Crippen LogP contribution in [0.5, 0.6) is 0 Å². The summed E-state index contributed by atoms with van der Waals surface area (Å²) in [4.78, 5) is 4.26. The number of pyridine rings is 1. The molecule has 2 nitrogen and oxygen atoms in total. The van der Waals surface area contributed by atoms with Crippen molar-refractivity contribution < 1.29 is 0 Å². The Morgan fingerprint density at radius 3 is 2.91 bits per heavy atom. The van der Waals surface area contributed by atoms with Crippen LogP contribution in [0.25, 0.3) is 0 Å². The third-order valence-electron chi connectivity index (χ3n) is 1.72. The number of rotatable bonds is 2. The van der Waals surface area contributed by atoms with E-state index >= 15 is 0 Å². The van der Waals surface area contributed by atoms with E-state index in [1.807, 2.05) is 13.2 Å². The van der Waals surface area contributed by atoms with E-state index in [0.717, 1.165) is 12.2 Å². The largest absolute Gasteiger partial charge is 0.373 e. The highest BCUT2D eigenvalue weighted by Gasteiger charge is 1.98. The van der Waals surface area contributed by atoms with Crippen LogP contribution in [0.4, 0.5) is 5.82 Å². The molecular formula is C8H13BN2. The van der Waals surface area contributed by atoms with Crippen molar-refractivity contribution in [3.63, 3.8) is 0 Å². The molecule has 0 saturated heterocycles. The first kappa shape index (κ1) is 8.11. The van der Waals surface area contributed by atoms with Crippen molar-refractivity contribution in [2.75, 3.05) is 12.4 Å². The molecule has 0 atom stereocenters. The maximum absolute atomic E-state index is 4.26. The van der Waals surface area contributed by atoms with Crippen molar-refractivity contribution in [1.82, 2.24) is 4.98 Å². The number of aromatic nitrogens is 1. The Morgan fingerprint density at radius 2 is 2.36 bits per heavy atom. The summed E-state index contributed by atoms with van der Waals surface area (Å²) in [7, 11) is 3.96. The molecule has 0 spiro atoms. The van der Waals surface area contributed by atoms with E-state index in [0.29, 0.717) is 0 Å². The van der Waals surface area contributed by atoms with Crippen LogP contribution < -0.4 is 10.8 Å². The molecule has 0 fully saturated rings. The van der Waals surface area contributed by atoms with E-state index in [2.05, 4.69) is 31.1 Å². The predicted octanol–water partition coefficient (Wildman–Crippen LogP) is -0.0559. The lowest BCUT2D eigenvalue weighted by atomic mass is 9.96. The van der Waals surface area contributed by atoms with Gasteiger partial charge in [0.25, 0.3) is 0 Å². The van der Waals surface area contributed by atoms with Crippen molar-refractivity contribution in [2.24, 2.45) is 0 Å². The van der Waals surface area contributed by atoms with Gasteiger partial charge in [0.2, 0.25) is 0 Å². The third-order valence-corrected chi connectivity index (χ3v) is 1.72. The molecule has 0 aliphatic heterocycles. The molecule has 0 amide bonds. The van der Waals surface area contributed by atoms with Gasteiger partial charge in [0.1, 0.15) is 13.7 Å². The molecular weight excluding hydrogens is 135 g/mol. The van der Waals surface area contributed by atoms with Crippen LogP contribution in [0.3, 0.4) is 0 Å². The van der Waals surface area contributed by atoms with Gasteiger partial charge in [-0.1, -0.05) is 18.5 Å². The number of aryl methyl sites for hydroxylation is 1. The van der Waals surface area contributed by atoms with Crippen molar-refractivity contribution in [1.29, 1.82) is 0 Å². The Morgan fingerprint density at radius 1 is 1.64 bits per heavy atom. The van der Waals surface area contributed by atoms with Crippen molar-refractivity contribution in [3.05, 3.63) is 17.8 Å². The molecule has 0 aliphatic carbocycles. The van der Waals surface area contributed by atoms with E-state index in [1.54, 1.807) is 0 Å². The van der Waals surface area contributed by atoms with Crippen molar-refractivity contribution in [3.8, 4) is 0 Å². The van der Waals surface area contributed by atoms with Gasteiger partial charge in [0, 0.05) is 13.2 Å². The molecule has 1 aromatic rings. The summed E-state index contributed by atoms with van der Waals surface area (Å²) in [5.41, 5.74) is 2.51. The van der Waals surface area contributed by atoms with Crippen LogP contribution in [0.15, 0.2) is 12.3 Å². The van der Waals surface area contributed by atoms with Crippen molar-refractivity contribution in [2.45, 2.75) is 13.3 Å². The van der Waals surface area contributed by atoms with Gasteiger partial charge in [-0.2, -0.15) is 0 Å². The summed E-state index contributed by atoms with van der Waals surface area (Å²) >= 11 is 0. The average Bonchev–Trinajstić information content (AvgIpc) is 2.04. The molecule has 1 rings (SSSR count). The first-order valence-electron chi connectivity index (χ1n) is 3.91. The van der Waals surface area contributed by atoms with E-state index in [-0.39, 0.29) is 0 Å². The fourth-order valence-electron chi connectivity index (χ4n) is 1.12. The summed E-state index contributed by atoms with van der Waals surface area (Å²) in [6.45, 7) is 2.14. The SMILES string of the molecule is Bc1cnc(NC)c(CC)c1. The minimum Gasteiger partial charge on any atom is -0.373 e. The van der Waals surface area contributed by atoms with E-state index in [1.165, 1.54) is 11.0 Å². The summed E-state index contributed by atoms with van der Waals surface area (Å²) in [6, 6.07) is 2.17. The second-order valence-electron chi connectivity index (χ2n) is 2.62. The molecule has 0 saturated carbocycles. The number of anilines is 1. The maximum Gasteiger partial charge on any atom is 0.141 e. The number of nitrogens with zero attached hydrogens (tertiary/aromatic N) is 1. The van der Waals surface area contributed by atoms with Gasteiger partial charge in [-0.15, -0.1) is 0 Å². The molecule has 0 aliphatic rings. The topological polar surface area (TPSA) is 24.9 Å². The Kier molecular flexibility index (Phi) is 2.52. The van der Waals surface area contributed by atoms with E-state index in [9.17, 15) is 0 Å². The van der Waals surface area contributed by atoms with Crippen LogP contribution in [-0.4, -0.2) is 19.9 Å². The lowest BCUT2D eigenvalue weighted by Crippen LogP contribution is -2.08. The van der Waals surface area contributed by atoms with Gasteiger partial charge >= 0.3 is 0 Å². The smallest absolute Gasteiger partial charge is 0.141 e. The highest BCUT2D eigenvalue weighted by molar-refractivity contribution is 6.32. The summed E-state index contributed by atoms with van der Waals surface area (Å²) in [6.07, 6.45) is 2.91. The van der Waals surface area contributed by atoms with Gasteiger partial charge in [-0.3, -0.25) is 0 Å². The first-order valence-corrected chi connectivity index (χ1v) is 3.91. The van der Waals surface area contributed by atoms with Gasteiger partial charge < -0.3 is 5.32 Å². The minimum atomic E-state index is 0.998. The fourth-order valence-corrected chi connectivity index (χ4v) is 1.12. The van der Waals surface area contributed by atoms with E-state index < -0.39 is 0 Å². The number of hydrogen-bond acceptors (Lipinski definition) is 2. The highest BCUT2D eigenvalue weighted by Crippen LogP contribution is 2.08. The quantitative estimate of drug-likeness (QED) is 0.594. The van der Waals surface area contributed by atoms with E-state index in [4.69, 9.17) is 0 Å². The van der Waals surface area contributed by atoms with Crippen molar-refractivity contribution >= 4 is 19.1 Å². The van der Waals surface area contributed by atoms with Gasteiger partial charge in [0.15, 0.2) is 0 Å². The zero-order valence-electron chi connectivity index (χ0n) is 7.31. The Labute approximate surface area is 68.4 Å². The van der Waals surface area contributed by atoms with Gasteiger partial charge in [0.05, 0.1) is 0 Å². The lowest BCUT2D eigenvalue weighted by molar-refractivity contribution is 1.11. The molecule has 1 heterocycles. The van der Waals surface area contributed by atoms with Crippen LogP contribution in [-0.2, 0) is 6.42 Å². The number of hydrogen-bond donors (Lipinski definition) is 1. The monoisotopic (exact) mass is 148 g/mol. The Bertz CT molecular complexity index is 248. The first-order chi connectivity index (χ1) is 5.27. The van der Waals surface area contributed by atoms with Crippen LogP contribution >= 0.6 is 0 Å². The molecule has 1 aromatic heterocycles. The molecule has 0 unspecified atom stereocenters. The molecule has 58 valence electrons. The Balaban J connectivity index is 3.06. The van der Waals surface area contributed by atoms with Gasteiger partial charge in [-0.05, 0) is 12.0 Å². The molecule has 3 heteroatoms. The van der Waals surface area contributed by atoms with Crippen LogP contribution in [0.2, 0.25) is 0 Å². The lowest BCUT2D eigenvalue weighted by Gasteiger charge is -2.05. The fraction of sp³-hybridized carbons (Fsp3) is 0.375. The third kappa shape index (κ3) is 1.73. The summed E-state index contributed by atoms with van der Waals surface area (Å²) < 4.78 is 0. The molecule has 0 aromatic carbocycles. The Hall–Kier alpha value is -0.985. The minimum absolute atomic E-state index is 0.998. The summed E-state index contributed by atoms with van der Waals surface area (Å²) in [5.74, 6) is 0.998. The summed E-state index contributed by atoms with van der Waals surface area (Å²) in [5, 5.41) is 3.06. The number of nitrogens with one attached hydrogen (secondary N) is 1. The van der Waals surface area contributed by atoms with Crippen LogP contribution in [0, 0.1) is 0 Å².